The Hall–Kier alpha value is -0.455. The van der Waals surface area contributed by atoms with Gasteiger partial charge in [0.05, 0.1) is 0 Å². The Labute approximate surface area is 46.3 Å². The Morgan fingerprint density at radius 2 is 2.14 bits per heavy atom. The van der Waals surface area contributed by atoms with Crippen LogP contribution in [0.15, 0.2) is 23.7 Å². The predicted octanol–water partition coefficient (Wildman–Crippen LogP) is 1.10. The van der Waals surface area contributed by atoms with Gasteiger partial charge in [0.15, 0.2) is 0 Å². The fourth-order valence-electron chi connectivity index (χ4n) is 0.246. The highest BCUT2D eigenvalue weighted by Gasteiger charge is 1.81. The normalized spacial score (nSPS) is 11.4. The van der Waals surface area contributed by atoms with Crippen molar-refractivity contribution in [2.45, 2.75) is 13.8 Å². The lowest BCUT2D eigenvalue weighted by Gasteiger charge is -1.92. The third kappa shape index (κ3) is 2.27. The van der Waals surface area contributed by atoms with Gasteiger partial charge in [-0.1, -0.05) is 23.7 Å². The molecule has 0 heterocycles. The molecule has 0 aliphatic carbocycles. The average Bonchev–Trinajstić information content (AvgIpc) is 1.65. The number of allylic oxidation sites excluding steroid dienone is 3. The van der Waals surface area contributed by atoms with Crippen molar-refractivity contribution in [3.8, 4) is 0 Å². The molecule has 0 aromatic heterocycles. The van der Waals surface area contributed by atoms with Crippen molar-refractivity contribution < 1.29 is 0 Å². The molecule has 0 saturated carbocycles. The first-order valence-corrected chi connectivity index (χ1v) is 2.47. The average molecular weight is 94.0 g/mol. The smallest absolute Gasteiger partial charge is 0.0967 e. The minimum absolute atomic E-state index is 1.16. The van der Waals surface area contributed by atoms with Crippen LogP contribution in [0.3, 0.4) is 0 Å². The van der Waals surface area contributed by atoms with Crippen LogP contribution < -0.4 is 0 Å². The molecule has 0 N–H and O–H groups in total. The molecule has 0 rings (SSSR count). The molecule has 0 aromatic rings. The fourth-order valence-corrected chi connectivity index (χ4v) is 0.246. The summed E-state index contributed by atoms with van der Waals surface area (Å²) in [6, 6.07) is 0. The Morgan fingerprint density at radius 3 is 2.14 bits per heavy atom. The Balaban J connectivity index is 3.82. The molecule has 38 valence electrons. The van der Waals surface area contributed by atoms with E-state index in [1.807, 2.05) is 13.8 Å². The van der Waals surface area contributed by atoms with Crippen LogP contribution in [0.5, 0.6) is 0 Å². The van der Waals surface area contributed by atoms with Gasteiger partial charge in [0.2, 0.25) is 0 Å². The van der Waals surface area contributed by atoms with Gasteiger partial charge in [-0.2, -0.15) is 0 Å². The monoisotopic (exact) mass is 94.1 g/mol. The van der Waals surface area contributed by atoms with E-state index in [1.165, 1.54) is 5.47 Å². The third-order valence-corrected chi connectivity index (χ3v) is 1.11. The Bertz CT molecular complexity index is 101. The van der Waals surface area contributed by atoms with Gasteiger partial charge in [-0.15, -0.1) is 0 Å². The van der Waals surface area contributed by atoms with Crippen LogP contribution in [0.1, 0.15) is 13.8 Å². The van der Waals surface area contributed by atoms with Gasteiger partial charge in [0, 0.05) is 0 Å². The van der Waals surface area contributed by atoms with Crippen molar-refractivity contribution in [1.29, 1.82) is 0 Å². The van der Waals surface area contributed by atoms with Crippen LogP contribution in [0.25, 0.3) is 0 Å². The van der Waals surface area contributed by atoms with E-state index >= 15 is 0 Å². The molecule has 0 spiro atoms. The molecule has 0 aliphatic rings. The number of rotatable bonds is 1. The molecule has 0 bridgehead atoms. The molecule has 0 unspecified atom stereocenters. The topological polar surface area (TPSA) is 0 Å². The van der Waals surface area contributed by atoms with Crippen molar-refractivity contribution in [2.24, 2.45) is 0 Å². The van der Waals surface area contributed by atoms with Gasteiger partial charge in [0.1, 0.15) is 7.85 Å². The maximum atomic E-state index is 3.76. The summed E-state index contributed by atoms with van der Waals surface area (Å²) in [5.41, 5.74) is 2.43. The minimum Gasteiger partial charge on any atom is -0.0967 e. The number of hydrogen-bond acceptors (Lipinski definition) is 0. The lowest BCUT2D eigenvalue weighted by molar-refractivity contribution is 1.50. The van der Waals surface area contributed by atoms with Crippen molar-refractivity contribution in [2.75, 3.05) is 0 Å². The highest BCUT2D eigenvalue weighted by Crippen LogP contribution is 1.98. The Kier molecular flexibility index (Phi) is 2.50. The second-order valence-corrected chi connectivity index (χ2v) is 1.75. The highest BCUT2D eigenvalue weighted by atomic mass is 13.8. The molecule has 0 aliphatic heterocycles. The lowest BCUT2D eigenvalue weighted by atomic mass is 9.90. The van der Waals surface area contributed by atoms with Crippen molar-refractivity contribution in [1.82, 2.24) is 0 Å². The molecular weight excluding hydrogens is 82.9 g/mol. The van der Waals surface area contributed by atoms with Gasteiger partial charge >= 0.3 is 0 Å². The molecule has 0 fully saturated rings. The van der Waals surface area contributed by atoms with Crippen LogP contribution in [0, 0.1) is 0 Å². The van der Waals surface area contributed by atoms with Crippen LogP contribution >= 0.6 is 0 Å². The van der Waals surface area contributed by atoms with Crippen LogP contribution in [-0.4, -0.2) is 7.85 Å². The minimum atomic E-state index is 1.16. The summed E-state index contributed by atoms with van der Waals surface area (Å²) in [7, 11) is 2.06. The van der Waals surface area contributed by atoms with Crippen LogP contribution in [0.4, 0.5) is 0 Å². The zero-order valence-corrected chi connectivity index (χ0v) is 5.28. The molecule has 0 saturated heterocycles. The van der Waals surface area contributed by atoms with Crippen LogP contribution in [-0.2, 0) is 0 Å². The predicted molar refractivity (Wildman–Crippen MR) is 37.1 cm³/mol. The maximum absolute atomic E-state index is 3.76. The number of hydrogen-bond donors (Lipinski definition) is 0. The zero-order chi connectivity index (χ0) is 5.86. The van der Waals surface area contributed by atoms with Gasteiger partial charge in [-0.3, -0.25) is 0 Å². The molecule has 0 atom stereocenters. The summed E-state index contributed by atoms with van der Waals surface area (Å²) < 4.78 is 0. The molecule has 0 aromatic carbocycles. The molecular formula is C6H11B. The van der Waals surface area contributed by atoms with E-state index in [1.54, 1.807) is 0 Å². The Morgan fingerprint density at radius 1 is 1.71 bits per heavy atom. The summed E-state index contributed by atoms with van der Waals surface area (Å²) in [6.07, 6.45) is 2.06. The van der Waals surface area contributed by atoms with Gasteiger partial charge in [-0.25, -0.2) is 0 Å². The first-order valence-electron chi connectivity index (χ1n) is 2.47. The SMILES string of the molecule is B/C(=C/C)C(=C)C. The third-order valence-electron chi connectivity index (χ3n) is 1.11. The quantitative estimate of drug-likeness (QED) is 0.337. The van der Waals surface area contributed by atoms with Gasteiger partial charge < -0.3 is 0 Å². The van der Waals surface area contributed by atoms with E-state index in [4.69, 9.17) is 0 Å². The van der Waals surface area contributed by atoms with Gasteiger partial charge in [0.25, 0.3) is 0 Å². The summed E-state index contributed by atoms with van der Waals surface area (Å²) in [6.45, 7) is 7.78. The molecule has 1 heteroatoms. The molecule has 0 radical (unpaired) electrons. The summed E-state index contributed by atoms with van der Waals surface area (Å²) >= 11 is 0. The van der Waals surface area contributed by atoms with Crippen molar-refractivity contribution in [3.05, 3.63) is 23.7 Å². The van der Waals surface area contributed by atoms with E-state index < -0.39 is 0 Å². The first kappa shape index (κ1) is 6.54. The van der Waals surface area contributed by atoms with E-state index in [9.17, 15) is 0 Å². The van der Waals surface area contributed by atoms with E-state index in [-0.39, 0.29) is 0 Å². The fraction of sp³-hybridized carbons (Fsp3) is 0.333. The first-order chi connectivity index (χ1) is 3.18. The second kappa shape index (κ2) is 2.67. The van der Waals surface area contributed by atoms with E-state index in [2.05, 4.69) is 20.5 Å². The van der Waals surface area contributed by atoms with Gasteiger partial charge in [-0.05, 0) is 13.8 Å². The molecule has 0 nitrogen and oxygen atoms in total. The van der Waals surface area contributed by atoms with Crippen molar-refractivity contribution >= 4 is 7.85 Å². The largest absolute Gasteiger partial charge is 0.139 e. The van der Waals surface area contributed by atoms with Crippen molar-refractivity contribution in [3.63, 3.8) is 0 Å². The maximum Gasteiger partial charge on any atom is 0.139 e. The van der Waals surface area contributed by atoms with Crippen LogP contribution in [0.2, 0.25) is 0 Å². The summed E-state index contributed by atoms with van der Waals surface area (Å²) in [5, 5.41) is 0. The van der Waals surface area contributed by atoms with E-state index in [0.717, 1.165) is 5.57 Å². The highest BCUT2D eigenvalue weighted by molar-refractivity contribution is 6.24. The zero-order valence-electron chi connectivity index (χ0n) is 5.28. The standard InChI is InChI=1S/C6H11B/c1-4-6(7)5(2)3/h4H,2,7H2,1,3H3/b6-4+. The second-order valence-electron chi connectivity index (χ2n) is 1.75. The summed E-state index contributed by atoms with van der Waals surface area (Å²) in [5.74, 6) is 0. The molecule has 7 heavy (non-hydrogen) atoms. The summed E-state index contributed by atoms with van der Waals surface area (Å²) in [4.78, 5) is 0. The molecule has 0 amide bonds. The van der Waals surface area contributed by atoms with E-state index in [0.29, 0.717) is 0 Å². The lowest BCUT2D eigenvalue weighted by Crippen LogP contribution is -1.78.